The van der Waals surface area contributed by atoms with Crippen molar-refractivity contribution in [1.82, 2.24) is 0 Å². The van der Waals surface area contributed by atoms with Crippen molar-refractivity contribution in [2.45, 2.75) is 79.2 Å². The van der Waals surface area contributed by atoms with Gasteiger partial charge in [-0.1, -0.05) is 65.0 Å². The zero-order chi connectivity index (χ0) is 32.5. The molecule has 0 saturated heterocycles. The summed E-state index contributed by atoms with van der Waals surface area (Å²) in [5.41, 5.74) is -2.98. The van der Waals surface area contributed by atoms with Crippen LogP contribution in [0.4, 0.5) is 0 Å². The van der Waals surface area contributed by atoms with Crippen LogP contribution in [0.1, 0.15) is 77.5 Å². The van der Waals surface area contributed by atoms with Crippen molar-refractivity contribution < 1.29 is 39.6 Å². The minimum Gasteiger partial charge on any atom is -0.508 e. The number of aliphatic hydroxyl groups is 3. The van der Waals surface area contributed by atoms with Crippen molar-refractivity contribution in [2.75, 3.05) is 0 Å². The van der Waals surface area contributed by atoms with Crippen LogP contribution in [0.5, 0.6) is 5.75 Å². The number of aliphatic hydroxyl groups excluding tert-OH is 2. The van der Waals surface area contributed by atoms with Crippen LogP contribution < -0.4 is 0 Å². The van der Waals surface area contributed by atoms with Crippen LogP contribution >= 0.6 is 0 Å². The highest BCUT2D eigenvalue weighted by Crippen LogP contribution is 2.65. The molecule has 0 bridgehead atoms. The van der Waals surface area contributed by atoms with Crippen LogP contribution in [-0.4, -0.2) is 49.2 Å². The maximum absolute atomic E-state index is 14.4. The number of carbonyl (C=O) groups excluding carboxylic acids is 4. The van der Waals surface area contributed by atoms with E-state index in [0.717, 1.165) is 30.0 Å². The lowest BCUT2D eigenvalue weighted by Gasteiger charge is -2.59. The first kappa shape index (κ1) is 31.4. The zero-order valence-corrected chi connectivity index (χ0v) is 26.1. The number of aromatic hydroxyl groups is 1. The van der Waals surface area contributed by atoms with Gasteiger partial charge in [0, 0.05) is 35.2 Å². The summed E-state index contributed by atoms with van der Waals surface area (Å²) in [5, 5.41) is 46.2. The topological polar surface area (TPSA) is 149 Å². The standard InChI is InChI=1S/C36H40O8/c1-7-8-22(38)15-20-9-11-21(12-10-20)23-13-14-25(39)27-24(23)16-34(5)17-35(6)28(18(2)3)30(40)26(19(4)37)32(42)36(35,44)33(43)29(34)31(27)41/h9-14,18,28,39,41-42,44H,7-8,15-17H2,1-6H3/t28?,34-,35-,36+/m1/s1. The first-order valence-corrected chi connectivity index (χ1v) is 15.2. The summed E-state index contributed by atoms with van der Waals surface area (Å²) < 4.78 is 0. The average molecular weight is 601 g/mol. The minimum absolute atomic E-state index is 0.0263. The van der Waals surface area contributed by atoms with E-state index in [4.69, 9.17) is 0 Å². The van der Waals surface area contributed by atoms with E-state index in [0.29, 0.717) is 18.4 Å². The predicted molar refractivity (Wildman–Crippen MR) is 165 cm³/mol. The molecule has 1 saturated carbocycles. The summed E-state index contributed by atoms with van der Waals surface area (Å²) in [4.78, 5) is 52.8. The molecule has 0 heterocycles. The van der Waals surface area contributed by atoms with Gasteiger partial charge in [0.15, 0.2) is 17.2 Å². The summed E-state index contributed by atoms with van der Waals surface area (Å²) in [6, 6.07) is 10.7. The van der Waals surface area contributed by atoms with E-state index in [9.17, 15) is 39.6 Å². The second-order valence-electron chi connectivity index (χ2n) is 13.6. The Morgan fingerprint density at radius 2 is 1.64 bits per heavy atom. The molecule has 2 aromatic carbocycles. The Kier molecular flexibility index (Phi) is 7.52. The normalized spacial score (nSPS) is 28.1. The number of Topliss-reactive ketones (excluding diaryl/α,β-unsaturated/α-hetero) is 4. The van der Waals surface area contributed by atoms with Crippen molar-refractivity contribution in [2.24, 2.45) is 22.7 Å². The highest BCUT2D eigenvalue weighted by Gasteiger charge is 2.72. The molecule has 3 aliphatic carbocycles. The van der Waals surface area contributed by atoms with Gasteiger partial charge < -0.3 is 20.4 Å². The van der Waals surface area contributed by atoms with E-state index in [1.807, 2.05) is 31.2 Å². The lowest BCUT2D eigenvalue weighted by molar-refractivity contribution is -0.178. The van der Waals surface area contributed by atoms with E-state index in [1.165, 1.54) is 6.07 Å². The third-order valence-electron chi connectivity index (χ3n) is 10.1. The van der Waals surface area contributed by atoms with Crippen LogP contribution in [0.15, 0.2) is 53.3 Å². The molecular weight excluding hydrogens is 560 g/mol. The van der Waals surface area contributed by atoms with Gasteiger partial charge >= 0.3 is 0 Å². The molecule has 1 unspecified atom stereocenters. The summed E-state index contributed by atoms with van der Waals surface area (Å²) in [5.74, 6) is -5.32. The minimum atomic E-state index is -2.64. The van der Waals surface area contributed by atoms with Gasteiger partial charge in [-0.15, -0.1) is 0 Å². The molecule has 8 heteroatoms. The Bertz CT molecular complexity index is 1680. The van der Waals surface area contributed by atoms with Gasteiger partial charge in [0.2, 0.25) is 5.78 Å². The number of benzene rings is 2. The molecule has 4 N–H and O–H groups in total. The first-order valence-electron chi connectivity index (χ1n) is 15.2. The number of carbonyl (C=O) groups is 4. The molecule has 0 aromatic heterocycles. The van der Waals surface area contributed by atoms with E-state index in [-0.39, 0.29) is 35.5 Å². The fraction of sp³-hybridized carbons (Fsp3) is 0.444. The number of phenols is 1. The van der Waals surface area contributed by atoms with Gasteiger partial charge in [0.1, 0.15) is 28.6 Å². The molecule has 232 valence electrons. The molecule has 5 rings (SSSR count). The Hall–Kier alpha value is -4.04. The summed E-state index contributed by atoms with van der Waals surface area (Å²) in [6.45, 7) is 9.99. The maximum atomic E-state index is 14.4. The van der Waals surface area contributed by atoms with Crippen LogP contribution in [0.2, 0.25) is 0 Å². The molecule has 4 atom stereocenters. The number of fused-ring (bicyclic) bond motifs is 3. The maximum Gasteiger partial charge on any atom is 0.203 e. The Morgan fingerprint density at radius 3 is 2.20 bits per heavy atom. The summed E-state index contributed by atoms with van der Waals surface area (Å²) >= 11 is 0. The number of allylic oxidation sites excluding steroid dienone is 1. The van der Waals surface area contributed by atoms with Gasteiger partial charge in [-0.3, -0.25) is 19.2 Å². The van der Waals surface area contributed by atoms with Crippen molar-refractivity contribution in [3.05, 3.63) is 70.0 Å². The number of ketones is 4. The van der Waals surface area contributed by atoms with Crippen molar-refractivity contribution in [3.63, 3.8) is 0 Å². The van der Waals surface area contributed by atoms with Gasteiger partial charge in [-0.25, -0.2) is 0 Å². The molecule has 1 fully saturated rings. The monoisotopic (exact) mass is 600 g/mol. The van der Waals surface area contributed by atoms with Gasteiger partial charge in [-0.05, 0) is 60.4 Å². The van der Waals surface area contributed by atoms with Crippen LogP contribution in [0.3, 0.4) is 0 Å². The van der Waals surface area contributed by atoms with Gasteiger partial charge in [0.25, 0.3) is 0 Å². The lowest BCUT2D eigenvalue weighted by atomic mass is 9.43. The fourth-order valence-corrected chi connectivity index (χ4v) is 8.39. The third kappa shape index (κ3) is 4.29. The first-order chi connectivity index (χ1) is 20.5. The SMILES string of the molecule is CCCC(=O)Cc1ccc(-c2ccc(O)c3c2C[C@]2(C)C[C@]4(C)C(C(C)C)C(=O)C(C(C)=O)=C(O)[C@]4(O)C(=O)C2=C3O)cc1. The lowest BCUT2D eigenvalue weighted by Crippen LogP contribution is -2.69. The Balaban J connectivity index is 1.70. The molecule has 2 aromatic rings. The van der Waals surface area contributed by atoms with E-state index >= 15 is 0 Å². The number of phenolic OH excluding ortho intramolecular Hbond substituents is 1. The Morgan fingerprint density at radius 1 is 1.00 bits per heavy atom. The molecule has 0 aliphatic heterocycles. The third-order valence-corrected chi connectivity index (χ3v) is 10.1. The smallest absolute Gasteiger partial charge is 0.203 e. The summed E-state index contributed by atoms with van der Waals surface area (Å²) in [7, 11) is 0. The average Bonchev–Trinajstić information content (AvgIpc) is 2.91. The molecule has 8 nitrogen and oxygen atoms in total. The Labute approximate surface area is 257 Å². The van der Waals surface area contributed by atoms with Crippen LogP contribution in [0, 0.1) is 22.7 Å². The van der Waals surface area contributed by atoms with Crippen LogP contribution in [-0.2, 0) is 32.0 Å². The second-order valence-corrected chi connectivity index (χ2v) is 13.6. The molecule has 3 aliphatic rings. The van der Waals surface area contributed by atoms with Crippen molar-refractivity contribution in [1.29, 1.82) is 0 Å². The van der Waals surface area contributed by atoms with E-state index in [1.54, 1.807) is 33.8 Å². The fourth-order valence-electron chi connectivity index (χ4n) is 8.39. The van der Waals surface area contributed by atoms with E-state index in [2.05, 4.69) is 0 Å². The van der Waals surface area contributed by atoms with E-state index < -0.39 is 62.7 Å². The van der Waals surface area contributed by atoms with Crippen molar-refractivity contribution in [3.8, 4) is 16.9 Å². The number of rotatable bonds is 7. The number of hydrogen-bond donors (Lipinski definition) is 4. The largest absolute Gasteiger partial charge is 0.508 e. The highest BCUT2D eigenvalue weighted by atomic mass is 16.3. The summed E-state index contributed by atoms with van der Waals surface area (Å²) in [6.07, 6.45) is 1.84. The quantitative estimate of drug-likeness (QED) is 0.293. The zero-order valence-electron chi connectivity index (χ0n) is 26.1. The van der Waals surface area contributed by atoms with Gasteiger partial charge in [-0.2, -0.15) is 0 Å². The molecule has 44 heavy (non-hydrogen) atoms. The molecular formula is C36H40O8. The van der Waals surface area contributed by atoms with Crippen molar-refractivity contribution >= 4 is 28.9 Å². The molecule has 0 amide bonds. The number of hydrogen-bond acceptors (Lipinski definition) is 8. The second kappa shape index (κ2) is 10.5. The highest BCUT2D eigenvalue weighted by molar-refractivity contribution is 6.24. The molecule has 0 spiro atoms. The van der Waals surface area contributed by atoms with Crippen LogP contribution in [0.25, 0.3) is 16.9 Å². The molecule has 0 radical (unpaired) electrons. The van der Waals surface area contributed by atoms with Gasteiger partial charge in [0.05, 0.1) is 5.56 Å². The predicted octanol–water partition coefficient (Wildman–Crippen LogP) is 5.77.